The molecule has 3 rings (SSSR count). The van der Waals surface area contributed by atoms with Gasteiger partial charge in [0.15, 0.2) is 9.84 Å². The second-order valence-corrected chi connectivity index (χ2v) is 8.78. The van der Waals surface area contributed by atoms with Crippen molar-refractivity contribution in [2.75, 3.05) is 29.1 Å². The average Bonchev–Trinajstić information content (AvgIpc) is 3.15. The van der Waals surface area contributed by atoms with Crippen LogP contribution in [-0.4, -0.2) is 33.2 Å². The topological polar surface area (TPSA) is 66.5 Å². The molecule has 1 fully saturated rings. The second kappa shape index (κ2) is 7.91. The van der Waals surface area contributed by atoms with Crippen molar-refractivity contribution in [3.8, 4) is 0 Å². The van der Waals surface area contributed by atoms with E-state index in [4.69, 9.17) is 0 Å². The highest BCUT2D eigenvalue weighted by atomic mass is 32.2. The molecule has 6 heteroatoms. The predicted octanol–water partition coefficient (Wildman–Crippen LogP) is 3.40. The Morgan fingerprint density at radius 2 is 1.77 bits per heavy atom. The molecule has 0 unspecified atom stereocenters. The van der Waals surface area contributed by atoms with Gasteiger partial charge < -0.3 is 10.2 Å². The maximum absolute atomic E-state index is 12.3. The Kier molecular flexibility index (Phi) is 5.61. The number of nitrogens with one attached hydrogen (secondary N) is 1. The van der Waals surface area contributed by atoms with E-state index in [2.05, 4.69) is 10.2 Å². The summed E-state index contributed by atoms with van der Waals surface area (Å²) in [7, 11) is -3.45. The van der Waals surface area contributed by atoms with Crippen molar-refractivity contribution >= 4 is 27.1 Å². The van der Waals surface area contributed by atoms with Crippen LogP contribution in [0.4, 0.5) is 11.4 Å². The van der Waals surface area contributed by atoms with Crippen LogP contribution in [0.25, 0.3) is 0 Å². The second-order valence-electron chi connectivity index (χ2n) is 6.67. The van der Waals surface area contributed by atoms with Crippen LogP contribution in [-0.2, 0) is 14.6 Å². The summed E-state index contributed by atoms with van der Waals surface area (Å²) < 4.78 is 24.7. The van der Waals surface area contributed by atoms with Crippen LogP contribution in [0.2, 0.25) is 0 Å². The number of benzene rings is 2. The van der Waals surface area contributed by atoms with E-state index >= 15 is 0 Å². The molecule has 138 valence electrons. The number of anilines is 2. The fourth-order valence-corrected chi connectivity index (χ4v) is 4.31. The van der Waals surface area contributed by atoms with Gasteiger partial charge in [0.1, 0.15) is 0 Å². The summed E-state index contributed by atoms with van der Waals surface area (Å²) in [5.41, 5.74) is 2.79. The Hall–Kier alpha value is -2.34. The number of hydrogen-bond donors (Lipinski definition) is 1. The molecule has 0 aliphatic carbocycles. The molecule has 0 spiro atoms. The van der Waals surface area contributed by atoms with Crippen molar-refractivity contribution in [1.82, 2.24) is 0 Å². The molecule has 0 aromatic heterocycles. The maximum atomic E-state index is 12.3. The first-order valence-electron chi connectivity index (χ1n) is 8.88. The summed E-state index contributed by atoms with van der Waals surface area (Å²) in [4.78, 5) is 14.7. The van der Waals surface area contributed by atoms with E-state index in [9.17, 15) is 13.2 Å². The van der Waals surface area contributed by atoms with E-state index in [0.29, 0.717) is 5.69 Å². The van der Waals surface area contributed by atoms with Gasteiger partial charge in [0, 0.05) is 30.9 Å². The van der Waals surface area contributed by atoms with Gasteiger partial charge in [-0.2, -0.15) is 0 Å². The van der Waals surface area contributed by atoms with Gasteiger partial charge in [0.05, 0.1) is 10.6 Å². The van der Waals surface area contributed by atoms with Crippen LogP contribution in [0, 0.1) is 6.92 Å². The van der Waals surface area contributed by atoms with Gasteiger partial charge in [-0.3, -0.25) is 4.79 Å². The normalized spacial score (nSPS) is 14.4. The number of carbonyl (C=O) groups excluding carboxylic acids is 1. The molecule has 0 bridgehead atoms. The minimum Gasteiger partial charge on any atom is -0.371 e. The molecule has 1 heterocycles. The molecule has 0 radical (unpaired) electrons. The van der Waals surface area contributed by atoms with Crippen LogP contribution in [0.5, 0.6) is 0 Å². The van der Waals surface area contributed by atoms with Crippen LogP contribution in [0.1, 0.15) is 24.8 Å². The molecule has 5 nitrogen and oxygen atoms in total. The van der Waals surface area contributed by atoms with Crippen molar-refractivity contribution in [3.05, 3.63) is 54.1 Å². The first-order chi connectivity index (χ1) is 12.4. The molecule has 0 saturated carbocycles. The van der Waals surface area contributed by atoms with Gasteiger partial charge in [-0.25, -0.2) is 8.42 Å². The summed E-state index contributed by atoms with van der Waals surface area (Å²) in [6, 6.07) is 14.4. The Labute approximate surface area is 154 Å². The number of hydrogen-bond acceptors (Lipinski definition) is 4. The van der Waals surface area contributed by atoms with E-state index in [1.54, 1.807) is 24.3 Å². The lowest BCUT2D eigenvalue weighted by atomic mass is 10.2. The highest BCUT2D eigenvalue weighted by molar-refractivity contribution is 7.91. The summed E-state index contributed by atoms with van der Waals surface area (Å²) in [6.07, 6.45) is 2.31. The summed E-state index contributed by atoms with van der Waals surface area (Å²) in [5.74, 6) is -0.493. The molecule has 1 aliphatic rings. The first kappa shape index (κ1) is 18.5. The quantitative estimate of drug-likeness (QED) is 0.844. The van der Waals surface area contributed by atoms with Crippen molar-refractivity contribution < 1.29 is 13.2 Å². The molecule has 0 atom stereocenters. The number of aryl methyl sites for hydroxylation is 1. The zero-order valence-corrected chi connectivity index (χ0v) is 15.8. The van der Waals surface area contributed by atoms with Crippen LogP contribution < -0.4 is 10.2 Å². The van der Waals surface area contributed by atoms with Crippen LogP contribution in [0.15, 0.2) is 53.4 Å². The first-order valence-corrected chi connectivity index (χ1v) is 10.5. The average molecular weight is 372 g/mol. The Balaban J connectivity index is 1.58. The molecule has 26 heavy (non-hydrogen) atoms. The van der Waals surface area contributed by atoms with Crippen molar-refractivity contribution in [2.24, 2.45) is 0 Å². The molecule has 1 amide bonds. The number of nitrogens with zero attached hydrogens (tertiary/aromatic N) is 1. The zero-order valence-electron chi connectivity index (χ0n) is 14.9. The predicted molar refractivity (Wildman–Crippen MR) is 104 cm³/mol. The fraction of sp³-hybridized carbons (Fsp3) is 0.350. The highest BCUT2D eigenvalue weighted by Crippen LogP contribution is 2.23. The van der Waals surface area contributed by atoms with E-state index in [0.717, 1.165) is 24.3 Å². The number of sulfone groups is 1. The number of carbonyl (C=O) groups is 1. The highest BCUT2D eigenvalue weighted by Gasteiger charge is 2.17. The minimum absolute atomic E-state index is 0.0653. The van der Waals surface area contributed by atoms with Gasteiger partial charge >= 0.3 is 0 Å². The van der Waals surface area contributed by atoms with Gasteiger partial charge in [-0.05, 0) is 50.1 Å². The monoisotopic (exact) mass is 372 g/mol. The molecule has 1 aliphatic heterocycles. The summed E-state index contributed by atoms with van der Waals surface area (Å²) >= 11 is 0. The van der Waals surface area contributed by atoms with E-state index in [1.165, 1.54) is 12.8 Å². The van der Waals surface area contributed by atoms with Gasteiger partial charge in [-0.15, -0.1) is 0 Å². The summed E-state index contributed by atoms with van der Waals surface area (Å²) in [6.45, 7) is 3.97. The standard InChI is InChI=1S/C20H24N2O3S/c1-16-7-9-19(10-8-16)26(24,25)14-11-20(23)21-17-5-4-6-18(15-17)22-12-2-3-13-22/h4-10,15H,2-3,11-14H2,1H3,(H,21,23). The molecule has 2 aromatic rings. The molecule has 2 aromatic carbocycles. The van der Waals surface area contributed by atoms with Crippen LogP contribution >= 0.6 is 0 Å². The lowest BCUT2D eigenvalue weighted by molar-refractivity contribution is -0.115. The molecule has 1 N–H and O–H groups in total. The largest absolute Gasteiger partial charge is 0.371 e. The van der Waals surface area contributed by atoms with E-state index < -0.39 is 9.84 Å². The molecular weight excluding hydrogens is 348 g/mol. The SMILES string of the molecule is Cc1ccc(S(=O)(=O)CCC(=O)Nc2cccc(N3CCCC3)c2)cc1. The van der Waals surface area contributed by atoms with Gasteiger partial charge in [0.2, 0.25) is 5.91 Å². The minimum atomic E-state index is -3.45. The number of amides is 1. The lowest BCUT2D eigenvalue weighted by Gasteiger charge is -2.18. The van der Waals surface area contributed by atoms with Crippen molar-refractivity contribution in [1.29, 1.82) is 0 Å². The molecular formula is C20H24N2O3S. The van der Waals surface area contributed by atoms with E-state index in [1.807, 2.05) is 31.2 Å². The van der Waals surface area contributed by atoms with E-state index in [-0.39, 0.29) is 23.0 Å². The third-order valence-corrected chi connectivity index (χ3v) is 6.31. The summed E-state index contributed by atoms with van der Waals surface area (Å²) in [5, 5.41) is 2.81. The Morgan fingerprint density at radius 1 is 1.08 bits per heavy atom. The zero-order chi connectivity index (χ0) is 18.6. The number of rotatable bonds is 6. The maximum Gasteiger partial charge on any atom is 0.225 e. The lowest BCUT2D eigenvalue weighted by Crippen LogP contribution is -2.19. The Morgan fingerprint density at radius 3 is 2.46 bits per heavy atom. The smallest absolute Gasteiger partial charge is 0.225 e. The van der Waals surface area contributed by atoms with Gasteiger partial charge in [0.25, 0.3) is 0 Å². The third-order valence-electron chi connectivity index (χ3n) is 4.58. The fourth-order valence-electron chi connectivity index (χ4n) is 3.07. The van der Waals surface area contributed by atoms with Gasteiger partial charge in [-0.1, -0.05) is 23.8 Å². The molecule has 1 saturated heterocycles. The van der Waals surface area contributed by atoms with Crippen molar-refractivity contribution in [3.63, 3.8) is 0 Å². The van der Waals surface area contributed by atoms with Crippen molar-refractivity contribution in [2.45, 2.75) is 31.1 Å². The Bertz CT molecular complexity index is 870. The third kappa shape index (κ3) is 4.64. The van der Waals surface area contributed by atoms with Crippen LogP contribution in [0.3, 0.4) is 0 Å².